The van der Waals surface area contributed by atoms with Gasteiger partial charge in [-0.1, -0.05) is 23.8 Å². The highest BCUT2D eigenvalue weighted by molar-refractivity contribution is 6.06. The van der Waals surface area contributed by atoms with Gasteiger partial charge in [-0.15, -0.1) is 0 Å². The maximum Gasteiger partial charge on any atom is 0.349 e. The molecule has 3 aromatic rings. The molecule has 0 fully saturated rings. The molecule has 1 amide bonds. The number of fused-ring (bicyclic) bond motifs is 1. The monoisotopic (exact) mass is 321 g/mol. The Morgan fingerprint density at radius 2 is 1.83 bits per heavy atom. The molecule has 120 valence electrons. The van der Waals surface area contributed by atoms with Crippen LogP contribution in [-0.2, 0) is 0 Å². The minimum Gasteiger partial charge on any atom is -0.422 e. The number of amides is 1. The molecule has 0 saturated heterocycles. The summed E-state index contributed by atoms with van der Waals surface area (Å²) in [6, 6.07) is 13.4. The van der Waals surface area contributed by atoms with Gasteiger partial charge in [-0.05, 0) is 44.2 Å². The Kier molecular flexibility index (Phi) is 4.00. The highest BCUT2D eigenvalue weighted by Crippen LogP contribution is 2.17. The highest BCUT2D eigenvalue weighted by atomic mass is 16.4. The molecular formula is C19H15NO4. The van der Waals surface area contributed by atoms with E-state index in [1.54, 1.807) is 30.3 Å². The highest BCUT2D eigenvalue weighted by Gasteiger charge is 2.14. The molecule has 0 spiro atoms. The standard InChI is InChI=1S/C19H15NO4/c1-11-6-7-17-14(8-11)10-16(19(23)24-17)18(22)20-15-5-3-4-13(9-15)12(2)21/h3-10H,1-2H3,(H,20,22). The molecule has 24 heavy (non-hydrogen) atoms. The normalized spacial score (nSPS) is 10.6. The summed E-state index contributed by atoms with van der Waals surface area (Å²) in [5.74, 6) is -0.681. The van der Waals surface area contributed by atoms with Gasteiger partial charge in [0.1, 0.15) is 11.1 Å². The van der Waals surface area contributed by atoms with Crippen LogP contribution in [0, 0.1) is 6.92 Å². The number of carbonyl (C=O) groups is 2. The van der Waals surface area contributed by atoms with Crippen LogP contribution in [0.25, 0.3) is 11.0 Å². The van der Waals surface area contributed by atoms with E-state index in [2.05, 4.69) is 5.32 Å². The Bertz CT molecular complexity index is 1020. The molecule has 1 heterocycles. The van der Waals surface area contributed by atoms with Crippen molar-refractivity contribution in [1.82, 2.24) is 0 Å². The van der Waals surface area contributed by atoms with E-state index >= 15 is 0 Å². The fraction of sp³-hybridized carbons (Fsp3) is 0.105. The molecule has 0 radical (unpaired) electrons. The van der Waals surface area contributed by atoms with Gasteiger partial charge in [-0.25, -0.2) is 4.79 Å². The number of hydrogen-bond donors (Lipinski definition) is 1. The molecule has 0 aliphatic heterocycles. The maximum absolute atomic E-state index is 12.4. The molecule has 0 aliphatic carbocycles. The molecule has 0 bridgehead atoms. The third kappa shape index (κ3) is 3.10. The van der Waals surface area contributed by atoms with E-state index in [1.807, 2.05) is 19.1 Å². The number of ketones is 1. The number of Topliss-reactive ketones (excluding diaryl/α,β-unsaturated/α-hetero) is 1. The molecule has 0 saturated carbocycles. The van der Waals surface area contributed by atoms with E-state index in [0.29, 0.717) is 22.2 Å². The second-order valence-electron chi connectivity index (χ2n) is 5.58. The topological polar surface area (TPSA) is 76.4 Å². The molecule has 1 aromatic heterocycles. The number of rotatable bonds is 3. The average Bonchev–Trinajstić information content (AvgIpc) is 2.54. The van der Waals surface area contributed by atoms with Crippen molar-refractivity contribution in [1.29, 1.82) is 0 Å². The van der Waals surface area contributed by atoms with Gasteiger partial charge in [-0.3, -0.25) is 9.59 Å². The minimum absolute atomic E-state index is 0.0821. The second kappa shape index (κ2) is 6.12. The predicted octanol–water partition coefficient (Wildman–Crippen LogP) is 3.56. The van der Waals surface area contributed by atoms with Crippen molar-refractivity contribution in [2.75, 3.05) is 5.32 Å². The summed E-state index contributed by atoms with van der Waals surface area (Å²) in [7, 11) is 0. The summed E-state index contributed by atoms with van der Waals surface area (Å²) in [5.41, 5.74) is 1.57. The summed E-state index contributed by atoms with van der Waals surface area (Å²) in [6.45, 7) is 3.36. The number of aryl methyl sites for hydroxylation is 1. The van der Waals surface area contributed by atoms with E-state index in [4.69, 9.17) is 4.42 Å². The van der Waals surface area contributed by atoms with E-state index < -0.39 is 11.5 Å². The van der Waals surface area contributed by atoms with E-state index in [0.717, 1.165) is 5.56 Å². The first-order valence-corrected chi connectivity index (χ1v) is 7.41. The fourth-order valence-corrected chi connectivity index (χ4v) is 2.42. The zero-order valence-corrected chi connectivity index (χ0v) is 13.3. The average molecular weight is 321 g/mol. The number of hydrogen-bond acceptors (Lipinski definition) is 4. The molecular weight excluding hydrogens is 306 g/mol. The van der Waals surface area contributed by atoms with Gasteiger partial charge in [0.15, 0.2) is 5.78 Å². The van der Waals surface area contributed by atoms with Crippen LogP contribution in [0.3, 0.4) is 0 Å². The first kappa shape index (κ1) is 15.7. The summed E-state index contributed by atoms with van der Waals surface area (Å²) in [4.78, 5) is 35.8. The largest absolute Gasteiger partial charge is 0.422 e. The molecule has 0 atom stereocenters. The lowest BCUT2D eigenvalue weighted by Crippen LogP contribution is -2.20. The number of anilines is 1. The molecule has 0 aliphatic rings. The van der Waals surface area contributed by atoms with Gasteiger partial charge in [-0.2, -0.15) is 0 Å². The van der Waals surface area contributed by atoms with Crippen LogP contribution in [0.5, 0.6) is 0 Å². The Morgan fingerprint density at radius 1 is 1.04 bits per heavy atom. The van der Waals surface area contributed by atoms with Crippen LogP contribution >= 0.6 is 0 Å². The zero-order valence-electron chi connectivity index (χ0n) is 13.3. The summed E-state index contributed by atoms with van der Waals surface area (Å²) in [5, 5.41) is 3.30. The molecule has 0 unspecified atom stereocenters. The van der Waals surface area contributed by atoms with Crippen molar-refractivity contribution in [3.8, 4) is 0 Å². The van der Waals surface area contributed by atoms with Gasteiger partial charge < -0.3 is 9.73 Å². The lowest BCUT2D eigenvalue weighted by atomic mass is 10.1. The molecule has 5 heteroatoms. The SMILES string of the molecule is CC(=O)c1cccc(NC(=O)c2cc3cc(C)ccc3oc2=O)c1. The quantitative estimate of drug-likeness (QED) is 0.591. The first-order chi connectivity index (χ1) is 11.4. The fourth-order valence-electron chi connectivity index (χ4n) is 2.42. The van der Waals surface area contributed by atoms with Crippen LogP contribution in [0.2, 0.25) is 0 Å². The van der Waals surface area contributed by atoms with Crippen LogP contribution in [-0.4, -0.2) is 11.7 Å². The lowest BCUT2D eigenvalue weighted by Gasteiger charge is -2.06. The van der Waals surface area contributed by atoms with Crippen molar-refractivity contribution in [3.05, 3.63) is 75.6 Å². The first-order valence-electron chi connectivity index (χ1n) is 7.41. The number of carbonyl (C=O) groups excluding carboxylic acids is 2. The van der Waals surface area contributed by atoms with Crippen molar-refractivity contribution in [2.45, 2.75) is 13.8 Å². The van der Waals surface area contributed by atoms with E-state index in [9.17, 15) is 14.4 Å². The zero-order chi connectivity index (χ0) is 17.3. The lowest BCUT2D eigenvalue weighted by molar-refractivity contribution is 0.100. The van der Waals surface area contributed by atoms with E-state index in [-0.39, 0.29) is 11.3 Å². The van der Waals surface area contributed by atoms with Crippen LogP contribution in [0.15, 0.2) is 57.7 Å². The predicted molar refractivity (Wildman–Crippen MR) is 91.6 cm³/mol. The minimum atomic E-state index is -0.702. The molecule has 2 aromatic carbocycles. The Hall–Kier alpha value is -3.21. The molecule has 1 N–H and O–H groups in total. The Balaban J connectivity index is 1.96. The van der Waals surface area contributed by atoms with Crippen LogP contribution in [0.4, 0.5) is 5.69 Å². The Labute approximate surface area is 137 Å². The van der Waals surface area contributed by atoms with Crippen molar-refractivity contribution >= 4 is 28.3 Å². The van der Waals surface area contributed by atoms with Gasteiger partial charge in [0, 0.05) is 16.6 Å². The van der Waals surface area contributed by atoms with Gasteiger partial charge in [0.25, 0.3) is 5.91 Å². The van der Waals surface area contributed by atoms with Crippen molar-refractivity contribution in [2.24, 2.45) is 0 Å². The van der Waals surface area contributed by atoms with Crippen molar-refractivity contribution < 1.29 is 14.0 Å². The van der Waals surface area contributed by atoms with Crippen LogP contribution < -0.4 is 10.9 Å². The molecule has 3 rings (SSSR count). The number of benzene rings is 2. The van der Waals surface area contributed by atoms with Crippen LogP contribution in [0.1, 0.15) is 33.2 Å². The summed E-state index contributed by atoms with van der Waals surface area (Å²) in [6.07, 6.45) is 0. The van der Waals surface area contributed by atoms with Gasteiger partial charge in [0.05, 0.1) is 0 Å². The number of nitrogens with one attached hydrogen (secondary N) is 1. The maximum atomic E-state index is 12.4. The third-order valence-electron chi connectivity index (χ3n) is 3.66. The Morgan fingerprint density at radius 3 is 2.58 bits per heavy atom. The smallest absolute Gasteiger partial charge is 0.349 e. The second-order valence-corrected chi connectivity index (χ2v) is 5.58. The van der Waals surface area contributed by atoms with Gasteiger partial charge >= 0.3 is 5.63 Å². The third-order valence-corrected chi connectivity index (χ3v) is 3.66. The van der Waals surface area contributed by atoms with Crippen molar-refractivity contribution in [3.63, 3.8) is 0 Å². The van der Waals surface area contributed by atoms with E-state index in [1.165, 1.54) is 13.0 Å². The van der Waals surface area contributed by atoms with Gasteiger partial charge in [0.2, 0.25) is 0 Å². The summed E-state index contributed by atoms with van der Waals surface area (Å²) < 4.78 is 5.20. The summed E-state index contributed by atoms with van der Waals surface area (Å²) >= 11 is 0. The molecule has 5 nitrogen and oxygen atoms in total.